The van der Waals surface area contributed by atoms with Crippen molar-refractivity contribution in [3.63, 3.8) is 0 Å². The van der Waals surface area contributed by atoms with Crippen molar-refractivity contribution in [1.29, 1.82) is 0 Å². The summed E-state index contributed by atoms with van der Waals surface area (Å²) in [6, 6.07) is 9.62. The fourth-order valence-electron chi connectivity index (χ4n) is 1.92. The number of nitrogens with two attached hydrogens (primary N) is 1. The lowest BCUT2D eigenvalue weighted by atomic mass is 10.1. The Balaban J connectivity index is 2.30. The zero-order valence-electron chi connectivity index (χ0n) is 9.96. The van der Waals surface area contributed by atoms with Crippen LogP contribution in [0.3, 0.4) is 0 Å². The molecule has 3 rings (SSSR count). The first-order chi connectivity index (χ1) is 8.75. The summed E-state index contributed by atoms with van der Waals surface area (Å²) in [6.07, 6.45) is 3.52. The number of nitrogen functional groups attached to an aromatic ring is 1. The van der Waals surface area contributed by atoms with Crippen molar-refractivity contribution in [3.05, 3.63) is 48.3 Å². The molecule has 2 heterocycles. The highest BCUT2D eigenvalue weighted by atomic mass is 14.9. The van der Waals surface area contributed by atoms with Gasteiger partial charge in [0.25, 0.3) is 0 Å². The van der Waals surface area contributed by atoms with Gasteiger partial charge < -0.3 is 5.73 Å². The molecule has 0 spiro atoms. The number of aryl methyl sites for hydroxylation is 1. The molecule has 0 fully saturated rings. The molecular weight excluding hydrogens is 224 g/mol. The first-order valence-corrected chi connectivity index (χ1v) is 5.69. The molecule has 0 radical (unpaired) electrons. The van der Waals surface area contributed by atoms with Gasteiger partial charge in [0.05, 0.1) is 11.0 Å². The van der Waals surface area contributed by atoms with Gasteiger partial charge in [-0.3, -0.25) is 4.98 Å². The first-order valence-electron chi connectivity index (χ1n) is 5.69. The Bertz CT molecular complexity index is 722. The van der Waals surface area contributed by atoms with E-state index in [4.69, 9.17) is 5.73 Å². The predicted molar refractivity (Wildman–Crippen MR) is 71.9 cm³/mol. The summed E-state index contributed by atoms with van der Waals surface area (Å²) < 4.78 is 0. The summed E-state index contributed by atoms with van der Waals surface area (Å²) in [5.41, 5.74) is 10.3. The molecule has 0 amide bonds. The molecule has 0 atom stereocenters. The summed E-state index contributed by atoms with van der Waals surface area (Å²) in [5.74, 6) is 0.435. The van der Waals surface area contributed by atoms with Gasteiger partial charge in [0.2, 0.25) is 0 Å². The highest BCUT2D eigenvalue weighted by molar-refractivity contribution is 5.82. The molecule has 3 aromatic rings. The van der Waals surface area contributed by atoms with Gasteiger partial charge in [-0.05, 0) is 30.7 Å². The third-order valence-corrected chi connectivity index (χ3v) is 2.89. The van der Waals surface area contributed by atoms with Gasteiger partial charge in [0, 0.05) is 18.0 Å². The van der Waals surface area contributed by atoms with E-state index in [0.717, 1.165) is 22.2 Å². The minimum Gasteiger partial charge on any atom is -0.382 e. The molecule has 4 nitrogen and oxygen atoms in total. The number of hydrogen-bond donors (Lipinski definition) is 1. The number of pyridine rings is 1. The number of fused-ring (bicyclic) bond motifs is 1. The van der Waals surface area contributed by atoms with E-state index in [9.17, 15) is 0 Å². The van der Waals surface area contributed by atoms with E-state index < -0.39 is 0 Å². The minimum absolute atomic E-state index is 0.435. The number of nitrogens with zero attached hydrogens (tertiary/aromatic N) is 3. The number of benzene rings is 1. The molecule has 0 saturated heterocycles. The predicted octanol–water partition coefficient (Wildman–Crippen LogP) is 2.58. The van der Waals surface area contributed by atoms with Crippen LogP contribution in [0.15, 0.2) is 42.7 Å². The quantitative estimate of drug-likeness (QED) is 0.705. The monoisotopic (exact) mass is 236 g/mol. The van der Waals surface area contributed by atoms with Gasteiger partial charge in [0.1, 0.15) is 5.69 Å². The molecule has 0 saturated carbocycles. The summed E-state index contributed by atoms with van der Waals surface area (Å²) in [5, 5.41) is 0. The molecule has 0 aliphatic heterocycles. The third-order valence-electron chi connectivity index (χ3n) is 2.89. The van der Waals surface area contributed by atoms with E-state index in [1.54, 1.807) is 12.4 Å². The largest absolute Gasteiger partial charge is 0.382 e. The second kappa shape index (κ2) is 4.07. The molecule has 2 N–H and O–H groups in total. The fraction of sp³-hybridized carbons (Fsp3) is 0.0714. The van der Waals surface area contributed by atoms with Crippen LogP contribution in [-0.2, 0) is 0 Å². The van der Waals surface area contributed by atoms with Crippen molar-refractivity contribution in [3.8, 4) is 11.3 Å². The lowest BCUT2D eigenvalue weighted by Gasteiger charge is -2.08. The van der Waals surface area contributed by atoms with E-state index in [1.807, 2.05) is 37.3 Å². The average Bonchev–Trinajstić information content (AvgIpc) is 2.39. The Labute approximate surface area is 105 Å². The maximum atomic E-state index is 5.99. The molecule has 0 aliphatic carbocycles. The lowest BCUT2D eigenvalue weighted by molar-refractivity contribution is 1.24. The van der Waals surface area contributed by atoms with Crippen molar-refractivity contribution in [2.75, 3.05) is 5.73 Å². The maximum Gasteiger partial charge on any atom is 0.150 e. The normalized spacial score (nSPS) is 10.7. The fourth-order valence-corrected chi connectivity index (χ4v) is 1.92. The Kier molecular flexibility index (Phi) is 2.41. The van der Waals surface area contributed by atoms with Crippen LogP contribution in [0.25, 0.3) is 22.3 Å². The van der Waals surface area contributed by atoms with Gasteiger partial charge in [-0.15, -0.1) is 0 Å². The molecule has 4 heteroatoms. The number of anilines is 1. The highest BCUT2D eigenvalue weighted by Crippen LogP contribution is 2.26. The van der Waals surface area contributed by atoms with Gasteiger partial charge in [-0.25, -0.2) is 9.97 Å². The first kappa shape index (κ1) is 10.7. The Morgan fingerprint density at radius 3 is 2.44 bits per heavy atom. The van der Waals surface area contributed by atoms with Crippen LogP contribution in [0.1, 0.15) is 5.56 Å². The highest BCUT2D eigenvalue weighted by Gasteiger charge is 2.10. The summed E-state index contributed by atoms with van der Waals surface area (Å²) in [6.45, 7) is 2.01. The van der Waals surface area contributed by atoms with Crippen molar-refractivity contribution in [2.45, 2.75) is 6.92 Å². The smallest absolute Gasteiger partial charge is 0.150 e. The SMILES string of the molecule is Cc1ccncc1-c1nc2ccccc2nc1N. The van der Waals surface area contributed by atoms with Crippen LogP contribution in [0.4, 0.5) is 5.82 Å². The summed E-state index contributed by atoms with van der Waals surface area (Å²) in [4.78, 5) is 13.1. The molecule has 88 valence electrons. The van der Waals surface area contributed by atoms with Crippen LogP contribution in [-0.4, -0.2) is 15.0 Å². The Hall–Kier alpha value is -2.49. The summed E-state index contributed by atoms with van der Waals surface area (Å²) >= 11 is 0. The van der Waals surface area contributed by atoms with Crippen molar-refractivity contribution < 1.29 is 0 Å². The van der Waals surface area contributed by atoms with Crippen LogP contribution in [0.2, 0.25) is 0 Å². The topological polar surface area (TPSA) is 64.7 Å². The van der Waals surface area contributed by atoms with Gasteiger partial charge in [0.15, 0.2) is 5.82 Å². The van der Waals surface area contributed by atoms with Crippen LogP contribution >= 0.6 is 0 Å². The van der Waals surface area contributed by atoms with Crippen molar-refractivity contribution >= 4 is 16.9 Å². The second-order valence-electron chi connectivity index (χ2n) is 4.14. The van der Waals surface area contributed by atoms with Crippen LogP contribution in [0.5, 0.6) is 0 Å². The summed E-state index contributed by atoms with van der Waals surface area (Å²) in [7, 11) is 0. The third kappa shape index (κ3) is 1.68. The maximum absolute atomic E-state index is 5.99. The lowest BCUT2D eigenvalue weighted by Crippen LogP contribution is -1.99. The second-order valence-corrected chi connectivity index (χ2v) is 4.14. The Morgan fingerprint density at radius 1 is 1.00 bits per heavy atom. The average molecular weight is 236 g/mol. The minimum atomic E-state index is 0.435. The number of hydrogen-bond acceptors (Lipinski definition) is 4. The molecule has 0 aliphatic rings. The molecule has 0 bridgehead atoms. The molecule has 0 unspecified atom stereocenters. The molecular formula is C14H12N4. The zero-order chi connectivity index (χ0) is 12.5. The van der Waals surface area contributed by atoms with E-state index in [2.05, 4.69) is 15.0 Å². The van der Waals surface area contributed by atoms with E-state index in [0.29, 0.717) is 11.5 Å². The van der Waals surface area contributed by atoms with E-state index in [1.165, 1.54) is 0 Å². The zero-order valence-corrected chi connectivity index (χ0v) is 9.96. The van der Waals surface area contributed by atoms with Gasteiger partial charge >= 0.3 is 0 Å². The molecule has 1 aromatic carbocycles. The number of aromatic nitrogens is 3. The van der Waals surface area contributed by atoms with Crippen molar-refractivity contribution in [2.24, 2.45) is 0 Å². The van der Waals surface area contributed by atoms with Gasteiger partial charge in [-0.1, -0.05) is 12.1 Å². The Morgan fingerprint density at radius 2 is 1.72 bits per heavy atom. The molecule has 2 aromatic heterocycles. The van der Waals surface area contributed by atoms with Gasteiger partial charge in [-0.2, -0.15) is 0 Å². The van der Waals surface area contributed by atoms with Crippen molar-refractivity contribution in [1.82, 2.24) is 15.0 Å². The van der Waals surface area contributed by atoms with Crippen LogP contribution in [0, 0.1) is 6.92 Å². The standard InChI is InChI=1S/C14H12N4/c1-9-6-7-16-8-10(9)13-14(15)18-12-5-3-2-4-11(12)17-13/h2-8H,1H3,(H2,15,18). The van der Waals surface area contributed by atoms with E-state index >= 15 is 0 Å². The van der Waals surface area contributed by atoms with E-state index in [-0.39, 0.29) is 0 Å². The number of rotatable bonds is 1. The number of para-hydroxylation sites is 2. The van der Waals surface area contributed by atoms with Crippen LogP contribution < -0.4 is 5.73 Å². The molecule has 18 heavy (non-hydrogen) atoms.